The summed E-state index contributed by atoms with van der Waals surface area (Å²) < 4.78 is 27.3. The third kappa shape index (κ3) is 3.56. The molecule has 150 valence electrons. The zero-order valence-electron chi connectivity index (χ0n) is 15.8. The molecule has 4 rings (SSSR count). The van der Waals surface area contributed by atoms with E-state index in [0.717, 1.165) is 24.8 Å². The fourth-order valence-corrected chi connectivity index (χ4v) is 5.51. The standard InChI is InChI=1S/C21H20ClN3O3S/c1-13(26)23-21-24-18-11-10-16(17(12-22)14-6-5-7-14)20(19(18)25-21)29(27,28)15-8-3-2-4-9-15/h2-4,8-12,14H,5-7H2,1H3,(H2,23,24,25,26). The van der Waals surface area contributed by atoms with Gasteiger partial charge in [-0.1, -0.05) is 42.3 Å². The second kappa shape index (κ2) is 7.65. The number of carbonyl (C=O) groups excluding carboxylic acids is 1. The van der Waals surface area contributed by atoms with Crippen LogP contribution in [-0.2, 0) is 14.6 Å². The Labute approximate surface area is 173 Å². The van der Waals surface area contributed by atoms with Crippen molar-refractivity contribution in [1.29, 1.82) is 0 Å². The molecule has 0 saturated heterocycles. The van der Waals surface area contributed by atoms with Gasteiger partial charge in [0.2, 0.25) is 21.7 Å². The molecule has 1 aliphatic carbocycles. The third-order valence-corrected chi connectivity index (χ3v) is 7.28. The number of aromatic amines is 1. The Kier molecular flexibility index (Phi) is 5.19. The smallest absolute Gasteiger partial charge is 0.223 e. The molecule has 1 fully saturated rings. The summed E-state index contributed by atoms with van der Waals surface area (Å²) in [6.07, 6.45) is 3.04. The molecular weight excluding hydrogens is 410 g/mol. The van der Waals surface area contributed by atoms with Crippen molar-refractivity contribution in [3.63, 3.8) is 0 Å². The first-order valence-electron chi connectivity index (χ1n) is 9.33. The number of hydrogen-bond acceptors (Lipinski definition) is 4. The number of fused-ring (bicyclic) bond motifs is 1. The number of nitrogens with one attached hydrogen (secondary N) is 2. The van der Waals surface area contributed by atoms with Crippen LogP contribution in [0.3, 0.4) is 0 Å². The van der Waals surface area contributed by atoms with Crippen LogP contribution in [0.1, 0.15) is 31.7 Å². The summed E-state index contributed by atoms with van der Waals surface area (Å²) in [5.41, 5.74) is 3.65. The Balaban J connectivity index is 2.00. The predicted octanol–water partition coefficient (Wildman–Crippen LogP) is 4.73. The molecule has 0 radical (unpaired) electrons. The Morgan fingerprint density at radius 1 is 1.21 bits per heavy atom. The van der Waals surface area contributed by atoms with Crippen LogP contribution in [0, 0.1) is 5.92 Å². The molecule has 0 bridgehead atoms. The normalized spacial score (nSPS) is 15.3. The largest absolute Gasteiger partial charge is 0.324 e. The van der Waals surface area contributed by atoms with E-state index in [9.17, 15) is 13.2 Å². The molecule has 29 heavy (non-hydrogen) atoms. The van der Waals surface area contributed by atoms with Crippen molar-refractivity contribution in [3.8, 4) is 0 Å². The van der Waals surface area contributed by atoms with Gasteiger partial charge < -0.3 is 4.98 Å². The number of carbonyl (C=O) groups is 1. The van der Waals surface area contributed by atoms with Crippen molar-refractivity contribution >= 4 is 49.9 Å². The summed E-state index contributed by atoms with van der Waals surface area (Å²) in [6, 6.07) is 11.8. The van der Waals surface area contributed by atoms with Crippen LogP contribution in [0.25, 0.3) is 16.6 Å². The quantitative estimate of drug-likeness (QED) is 0.613. The highest BCUT2D eigenvalue weighted by Gasteiger charge is 2.31. The Hall–Kier alpha value is -2.64. The van der Waals surface area contributed by atoms with Crippen molar-refractivity contribution in [2.75, 3.05) is 5.32 Å². The van der Waals surface area contributed by atoms with Gasteiger partial charge in [0.1, 0.15) is 10.4 Å². The first-order chi connectivity index (χ1) is 13.9. The highest BCUT2D eigenvalue weighted by Crippen LogP contribution is 2.43. The van der Waals surface area contributed by atoms with Crippen LogP contribution in [0.4, 0.5) is 5.95 Å². The SMILES string of the molecule is CC(=O)Nc1nc2c(S(=O)(=O)c3ccccc3)c(C(=CCl)C3CCC3)ccc2[nH]1. The number of aromatic nitrogens is 2. The topological polar surface area (TPSA) is 91.9 Å². The summed E-state index contributed by atoms with van der Waals surface area (Å²) >= 11 is 6.16. The van der Waals surface area contributed by atoms with Crippen molar-refractivity contribution in [3.05, 3.63) is 53.6 Å². The Morgan fingerprint density at radius 2 is 1.93 bits per heavy atom. The van der Waals surface area contributed by atoms with Crippen LogP contribution in [0.2, 0.25) is 0 Å². The molecule has 0 unspecified atom stereocenters. The number of imidazole rings is 1. The van der Waals surface area contributed by atoms with E-state index in [2.05, 4.69) is 15.3 Å². The van der Waals surface area contributed by atoms with E-state index in [-0.39, 0.29) is 33.1 Å². The number of sulfone groups is 1. The average Bonchev–Trinajstić information content (AvgIpc) is 3.05. The first-order valence-corrected chi connectivity index (χ1v) is 11.2. The average molecular weight is 430 g/mol. The summed E-state index contributed by atoms with van der Waals surface area (Å²) in [6.45, 7) is 1.37. The van der Waals surface area contributed by atoms with Gasteiger partial charge in [-0.2, -0.15) is 0 Å². The fraction of sp³-hybridized carbons (Fsp3) is 0.238. The molecule has 0 atom stereocenters. The minimum atomic E-state index is -3.88. The van der Waals surface area contributed by atoms with E-state index in [1.807, 2.05) is 0 Å². The number of hydrogen-bond donors (Lipinski definition) is 2. The maximum atomic E-state index is 13.6. The highest BCUT2D eigenvalue weighted by molar-refractivity contribution is 7.91. The van der Waals surface area contributed by atoms with Gasteiger partial charge in [0, 0.05) is 18.0 Å². The number of nitrogens with zero attached hydrogens (tertiary/aromatic N) is 1. The van der Waals surface area contributed by atoms with E-state index in [0.29, 0.717) is 11.1 Å². The van der Waals surface area contributed by atoms with Gasteiger partial charge in [-0.15, -0.1) is 0 Å². The lowest BCUT2D eigenvalue weighted by atomic mass is 9.78. The summed E-state index contributed by atoms with van der Waals surface area (Å²) in [5.74, 6) is 0.130. The molecule has 8 heteroatoms. The Bertz CT molecular complexity index is 1210. The van der Waals surface area contributed by atoms with Crippen LogP contribution in [-0.4, -0.2) is 24.3 Å². The van der Waals surface area contributed by atoms with Crippen LogP contribution in [0.5, 0.6) is 0 Å². The molecule has 3 aromatic rings. The number of rotatable bonds is 5. The lowest BCUT2D eigenvalue weighted by Crippen LogP contribution is -2.15. The maximum Gasteiger partial charge on any atom is 0.223 e. The fourth-order valence-electron chi connectivity index (χ4n) is 3.58. The number of anilines is 1. The van der Waals surface area contributed by atoms with Gasteiger partial charge in [-0.05, 0) is 42.5 Å². The van der Waals surface area contributed by atoms with Crippen LogP contribution >= 0.6 is 11.6 Å². The van der Waals surface area contributed by atoms with E-state index in [1.165, 1.54) is 12.5 Å². The molecule has 2 aromatic carbocycles. The van der Waals surface area contributed by atoms with Crippen molar-refractivity contribution in [2.24, 2.45) is 5.92 Å². The highest BCUT2D eigenvalue weighted by atomic mass is 35.5. The zero-order valence-corrected chi connectivity index (χ0v) is 17.3. The van der Waals surface area contributed by atoms with Crippen molar-refractivity contribution < 1.29 is 13.2 Å². The minimum absolute atomic E-state index is 0.104. The lowest BCUT2D eigenvalue weighted by molar-refractivity contribution is -0.114. The molecule has 1 saturated carbocycles. The van der Waals surface area contributed by atoms with E-state index in [4.69, 9.17) is 11.6 Å². The van der Waals surface area contributed by atoms with E-state index in [1.54, 1.807) is 42.5 Å². The molecule has 1 aliphatic rings. The number of H-pyrrole nitrogens is 1. The maximum absolute atomic E-state index is 13.6. The lowest BCUT2D eigenvalue weighted by Gasteiger charge is -2.29. The number of allylic oxidation sites excluding steroid dienone is 1. The second-order valence-corrected chi connectivity index (χ2v) is 9.22. The molecule has 0 aliphatic heterocycles. The van der Waals surface area contributed by atoms with Crippen molar-refractivity contribution in [2.45, 2.75) is 36.0 Å². The molecule has 2 N–H and O–H groups in total. The molecule has 1 aromatic heterocycles. The van der Waals surface area contributed by atoms with Crippen molar-refractivity contribution in [1.82, 2.24) is 9.97 Å². The Morgan fingerprint density at radius 3 is 2.52 bits per heavy atom. The van der Waals surface area contributed by atoms with Gasteiger partial charge in [0.05, 0.1) is 10.4 Å². The molecule has 0 spiro atoms. The van der Waals surface area contributed by atoms with Gasteiger partial charge in [-0.3, -0.25) is 10.1 Å². The van der Waals surface area contributed by atoms with Gasteiger partial charge in [0.25, 0.3) is 0 Å². The molecular formula is C21H20ClN3O3S. The van der Waals surface area contributed by atoms with E-state index < -0.39 is 9.84 Å². The zero-order chi connectivity index (χ0) is 20.6. The summed E-state index contributed by atoms with van der Waals surface area (Å²) in [4.78, 5) is 19.1. The monoisotopic (exact) mass is 429 g/mol. The molecule has 6 nitrogen and oxygen atoms in total. The first kappa shape index (κ1) is 19.7. The second-order valence-electron chi connectivity index (χ2n) is 7.11. The predicted molar refractivity (Wildman–Crippen MR) is 113 cm³/mol. The van der Waals surface area contributed by atoms with Crippen LogP contribution < -0.4 is 5.32 Å². The third-order valence-electron chi connectivity index (χ3n) is 5.20. The van der Waals surface area contributed by atoms with Gasteiger partial charge >= 0.3 is 0 Å². The molecule has 1 heterocycles. The minimum Gasteiger partial charge on any atom is -0.324 e. The number of benzene rings is 2. The number of halogens is 1. The van der Waals surface area contributed by atoms with Gasteiger partial charge in [-0.25, -0.2) is 13.4 Å². The van der Waals surface area contributed by atoms with Crippen LogP contribution in [0.15, 0.2) is 57.8 Å². The summed E-state index contributed by atoms with van der Waals surface area (Å²) in [7, 11) is -3.88. The number of amides is 1. The van der Waals surface area contributed by atoms with Gasteiger partial charge in [0.15, 0.2) is 0 Å². The molecule has 1 amide bonds. The van der Waals surface area contributed by atoms with E-state index >= 15 is 0 Å². The summed E-state index contributed by atoms with van der Waals surface area (Å²) in [5, 5.41) is 2.58.